The van der Waals surface area contributed by atoms with Crippen molar-refractivity contribution in [3.63, 3.8) is 0 Å². The molecule has 0 rings (SSSR count). The van der Waals surface area contributed by atoms with E-state index in [1.54, 1.807) is 11.8 Å². The average molecular weight is 159 g/mol. The summed E-state index contributed by atoms with van der Waals surface area (Å²) in [5.41, 5.74) is 0. The summed E-state index contributed by atoms with van der Waals surface area (Å²) in [6, 6.07) is 2.08. The van der Waals surface area contributed by atoms with Crippen molar-refractivity contribution in [2.45, 2.75) is 13.3 Å². The third-order valence-corrected chi connectivity index (χ3v) is 2.37. The van der Waals surface area contributed by atoms with Crippen LogP contribution >= 0.6 is 11.8 Å². The highest BCUT2D eigenvalue weighted by molar-refractivity contribution is 7.99. The normalized spacial score (nSPS) is 12.5. The van der Waals surface area contributed by atoms with Crippen LogP contribution in [0.1, 0.15) is 13.3 Å². The first kappa shape index (κ1) is 9.80. The molecule has 0 saturated heterocycles. The molecule has 0 spiro atoms. The van der Waals surface area contributed by atoms with E-state index in [0.717, 1.165) is 11.5 Å². The molecule has 10 heavy (non-hydrogen) atoms. The van der Waals surface area contributed by atoms with Crippen molar-refractivity contribution in [2.24, 2.45) is 5.92 Å². The van der Waals surface area contributed by atoms with E-state index in [1.807, 2.05) is 6.92 Å². The fourth-order valence-electron chi connectivity index (χ4n) is 0.455. The van der Waals surface area contributed by atoms with E-state index >= 15 is 0 Å². The van der Waals surface area contributed by atoms with E-state index in [1.165, 1.54) is 0 Å². The maximum Gasteiger partial charge on any atom is 0.0630 e. The third kappa shape index (κ3) is 5.93. The van der Waals surface area contributed by atoms with Gasteiger partial charge in [0.2, 0.25) is 0 Å². The Balaban J connectivity index is 2.98. The average Bonchev–Trinajstić information content (AvgIpc) is 1.98. The molecule has 0 fully saturated rings. The molecular weight excluding hydrogens is 146 g/mol. The van der Waals surface area contributed by atoms with Gasteiger partial charge in [0.05, 0.1) is 6.07 Å². The standard InChI is InChI=1S/C7H13NOS/c1-7(5-9)6-10-4-2-3-8/h7,9H,2,4-6H2,1H3. The third-order valence-electron chi connectivity index (χ3n) is 1.07. The Labute approximate surface area is 66.2 Å². The van der Waals surface area contributed by atoms with E-state index in [9.17, 15) is 0 Å². The molecule has 0 amide bonds. The van der Waals surface area contributed by atoms with Gasteiger partial charge in [-0.05, 0) is 11.7 Å². The molecule has 0 aromatic heterocycles. The van der Waals surface area contributed by atoms with Crippen LogP contribution in [0.25, 0.3) is 0 Å². The number of aliphatic hydroxyl groups is 1. The Hall–Kier alpha value is -0.200. The maximum absolute atomic E-state index is 8.61. The van der Waals surface area contributed by atoms with Crippen LogP contribution in [-0.2, 0) is 0 Å². The number of nitrogens with zero attached hydrogens (tertiary/aromatic N) is 1. The molecule has 0 bridgehead atoms. The lowest BCUT2D eigenvalue weighted by Gasteiger charge is -2.04. The highest BCUT2D eigenvalue weighted by Gasteiger charge is 1.98. The van der Waals surface area contributed by atoms with E-state index < -0.39 is 0 Å². The quantitative estimate of drug-likeness (QED) is 0.614. The van der Waals surface area contributed by atoms with Gasteiger partial charge in [-0.1, -0.05) is 6.92 Å². The van der Waals surface area contributed by atoms with Crippen molar-refractivity contribution in [1.82, 2.24) is 0 Å². The summed E-state index contributed by atoms with van der Waals surface area (Å²) in [6.45, 7) is 2.25. The minimum atomic E-state index is 0.250. The van der Waals surface area contributed by atoms with Crippen LogP contribution in [0.3, 0.4) is 0 Å². The monoisotopic (exact) mass is 159 g/mol. The summed E-state index contributed by atoms with van der Waals surface area (Å²) in [5.74, 6) is 2.21. The zero-order chi connectivity index (χ0) is 7.82. The first-order valence-electron chi connectivity index (χ1n) is 3.36. The molecule has 0 aromatic carbocycles. The summed E-state index contributed by atoms with van der Waals surface area (Å²) in [5, 5.41) is 16.8. The Bertz CT molecular complexity index is 111. The highest BCUT2D eigenvalue weighted by atomic mass is 32.2. The molecule has 0 aliphatic heterocycles. The van der Waals surface area contributed by atoms with Crippen molar-refractivity contribution in [3.8, 4) is 6.07 Å². The van der Waals surface area contributed by atoms with Gasteiger partial charge < -0.3 is 5.11 Å². The summed E-state index contributed by atoms with van der Waals surface area (Å²) in [4.78, 5) is 0. The van der Waals surface area contributed by atoms with Crippen LogP contribution in [0.4, 0.5) is 0 Å². The molecule has 3 heteroatoms. The fourth-order valence-corrected chi connectivity index (χ4v) is 1.37. The van der Waals surface area contributed by atoms with Gasteiger partial charge >= 0.3 is 0 Å². The van der Waals surface area contributed by atoms with Crippen molar-refractivity contribution in [3.05, 3.63) is 0 Å². The van der Waals surface area contributed by atoms with E-state index in [2.05, 4.69) is 6.07 Å². The van der Waals surface area contributed by atoms with Gasteiger partial charge in [-0.25, -0.2) is 0 Å². The molecule has 0 radical (unpaired) electrons. The predicted octanol–water partition coefficient (Wildman–Crippen LogP) is 1.26. The Morgan fingerprint density at radius 3 is 2.90 bits per heavy atom. The molecule has 58 valence electrons. The molecular formula is C7H13NOS. The van der Waals surface area contributed by atoms with Crippen molar-refractivity contribution < 1.29 is 5.11 Å². The number of nitriles is 1. The topological polar surface area (TPSA) is 44.0 Å². The maximum atomic E-state index is 8.61. The SMILES string of the molecule is CC(CO)CSCCC#N. The van der Waals surface area contributed by atoms with Crippen LogP contribution in [-0.4, -0.2) is 23.2 Å². The van der Waals surface area contributed by atoms with E-state index in [0.29, 0.717) is 12.3 Å². The zero-order valence-corrected chi connectivity index (χ0v) is 7.02. The van der Waals surface area contributed by atoms with Crippen LogP contribution in [0.15, 0.2) is 0 Å². The summed E-state index contributed by atoms with van der Waals surface area (Å²) in [7, 11) is 0. The molecule has 0 heterocycles. The van der Waals surface area contributed by atoms with Crippen molar-refractivity contribution >= 4 is 11.8 Å². The molecule has 1 atom stereocenters. The highest BCUT2D eigenvalue weighted by Crippen LogP contribution is 2.07. The smallest absolute Gasteiger partial charge is 0.0630 e. The lowest BCUT2D eigenvalue weighted by atomic mass is 10.2. The number of thioether (sulfide) groups is 1. The van der Waals surface area contributed by atoms with Crippen LogP contribution in [0.5, 0.6) is 0 Å². The number of hydrogen-bond donors (Lipinski definition) is 1. The van der Waals surface area contributed by atoms with Gasteiger partial charge in [0.25, 0.3) is 0 Å². The Morgan fingerprint density at radius 1 is 1.70 bits per heavy atom. The van der Waals surface area contributed by atoms with E-state index in [4.69, 9.17) is 10.4 Å². The molecule has 1 N–H and O–H groups in total. The first-order chi connectivity index (χ1) is 4.81. The van der Waals surface area contributed by atoms with Crippen molar-refractivity contribution in [2.75, 3.05) is 18.1 Å². The molecule has 1 unspecified atom stereocenters. The zero-order valence-electron chi connectivity index (χ0n) is 6.21. The summed E-state index contributed by atoms with van der Waals surface area (Å²) in [6.07, 6.45) is 0.614. The van der Waals surface area contributed by atoms with Gasteiger partial charge in [-0.15, -0.1) is 0 Å². The second-order valence-electron chi connectivity index (χ2n) is 2.27. The molecule has 0 aromatic rings. The van der Waals surface area contributed by atoms with Gasteiger partial charge in [0, 0.05) is 18.8 Å². The first-order valence-corrected chi connectivity index (χ1v) is 4.52. The lowest BCUT2D eigenvalue weighted by molar-refractivity contribution is 0.250. The summed E-state index contributed by atoms with van der Waals surface area (Å²) >= 11 is 1.73. The lowest BCUT2D eigenvalue weighted by Crippen LogP contribution is -2.03. The number of hydrogen-bond acceptors (Lipinski definition) is 3. The number of aliphatic hydroxyl groups excluding tert-OH is 1. The molecule has 2 nitrogen and oxygen atoms in total. The summed E-state index contributed by atoms with van der Waals surface area (Å²) < 4.78 is 0. The largest absolute Gasteiger partial charge is 0.396 e. The van der Waals surface area contributed by atoms with Crippen LogP contribution in [0, 0.1) is 17.2 Å². The minimum absolute atomic E-state index is 0.250. The van der Waals surface area contributed by atoms with Crippen LogP contribution < -0.4 is 0 Å². The van der Waals surface area contributed by atoms with Gasteiger partial charge in [-0.2, -0.15) is 17.0 Å². The van der Waals surface area contributed by atoms with E-state index in [-0.39, 0.29) is 6.61 Å². The van der Waals surface area contributed by atoms with Crippen LogP contribution in [0.2, 0.25) is 0 Å². The number of rotatable bonds is 5. The molecule has 0 aliphatic rings. The van der Waals surface area contributed by atoms with Gasteiger partial charge in [-0.3, -0.25) is 0 Å². The second-order valence-corrected chi connectivity index (χ2v) is 3.42. The fraction of sp³-hybridized carbons (Fsp3) is 0.857. The Kier molecular flexibility index (Phi) is 6.78. The Morgan fingerprint density at radius 2 is 2.40 bits per heavy atom. The minimum Gasteiger partial charge on any atom is -0.396 e. The van der Waals surface area contributed by atoms with Gasteiger partial charge in [0.1, 0.15) is 0 Å². The van der Waals surface area contributed by atoms with Gasteiger partial charge in [0.15, 0.2) is 0 Å². The molecule has 0 aliphatic carbocycles. The van der Waals surface area contributed by atoms with Crippen molar-refractivity contribution in [1.29, 1.82) is 5.26 Å². The second kappa shape index (κ2) is 6.91. The molecule has 0 saturated carbocycles. The predicted molar refractivity (Wildman–Crippen MR) is 43.8 cm³/mol.